The van der Waals surface area contributed by atoms with E-state index in [0.29, 0.717) is 25.7 Å². The second-order valence-corrected chi connectivity index (χ2v) is 4.70. The molecule has 0 aliphatic rings. The predicted molar refractivity (Wildman–Crippen MR) is 78.0 cm³/mol. The van der Waals surface area contributed by atoms with Crippen LogP contribution in [-0.4, -0.2) is 33.8 Å². The lowest BCUT2D eigenvalue weighted by Gasteiger charge is -2.14. The molecule has 8 heteroatoms. The maximum atomic E-state index is 5.60. The van der Waals surface area contributed by atoms with Gasteiger partial charge in [0.1, 0.15) is 0 Å². The van der Waals surface area contributed by atoms with Gasteiger partial charge in [0.25, 0.3) is 5.95 Å². The SMILES string of the molecule is CCOc1cc(Br)c(CNc2nn[nH]n2)cc1OCC. The van der Waals surface area contributed by atoms with Crippen LogP contribution in [0.5, 0.6) is 11.5 Å². The minimum absolute atomic E-state index is 0.448. The molecule has 2 aromatic rings. The topological polar surface area (TPSA) is 85.0 Å². The van der Waals surface area contributed by atoms with E-state index in [1.165, 1.54) is 0 Å². The van der Waals surface area contributed by atoms with Crippen LogP contribution in [0.1, 0.15) is 19.4 Å². The highest BCUT2D eigenvalue weighted by Gasteiger charge is 2.11. The largest absolute Gasteiger partial charge is 0.490 e. The number of hydrogen-bond donors (Lipinski definition) is 2. The van der Waals surface area contributed by atoms with E-state index in [9.17, 15) is 0 Å². The van der Waals surface area contributed by atoms with Gasteiger partial charge in [-0.25, -0.2) is 0 Å². The molecule has 7 nitrogen and oxygen atoms in total. The molecule has 0 aliphatic carbocycles. The lowest BCUT2D eigenvalue weighted by molar-refractivity contribution is 0.287. The van der Waals surface area contributed by atoms with Crippen LogP contribution < -0.4 is 14.8 Å². The molecule has 1 aromatic heterocycles. The van der Waals surface area contributed by atoms with Gasteiger partial charge in [-0.1, -0.05) is 21.0 Å². The molecule has 0 fully saturated rings. The molecule has 1 aromatic carbocycles. The van der Waals surface area contributed by atoms with Gasteiger partial charge in [0.05, 0.1) is 13.2 Å². The Kier molecular flexibility index (Phi) is 5.16. The summed E-state index contributed by atoms with van der Waals surface area (Å²) in [6.45, 7) is 5.60. The van der Waals surface area contributed by atoms with Gasteiger partial charge in [0.15, 0.2) is 11.5 Å². The molecule has 2 N–H and O–H groups in total. The third kappa shape index (κ3) is 3.60. The first-order valence-corrected chi connectivity index (χ1v) is 7.09. The summed E-state index contributed by atoms with van der Waals surface area (Å²) in [5, 5.41) is 16.6. The third-order valence-corrected chi connectivity index (χ3v) is 3.23. The number of nitrogens with zero attached hydrogens (tertiary/aromatic N) is 3. The number of rotatable bonds is 7. The zero-order valence-electron chi connectivity index (χ0n) is 11.3. The number of nitrogens with one attached hydrogen (secondary N) is 2. The summed E-state index contributed by atoms with van der Waals surface area (Å²) >= 11 is 3.53. The maximum absolute atomic E-state index is 5.60. The second kappa shape index (κ2) is 7.09. The standard InChI is InChI=1S/C12H16BrN5O2/c1-3-19-10-5-8(7-14-12-15-17-18-16-12)9(13)6-11(10)20-4-2/h5-6H,3-4,7H2,1-2H3,(H2,14,15,16,17,18). The number of benzene rings is 1. The molecular weight excluding hydrogens is 326 g/mol. The van der Waals surface area contributed by atoms with Gasteiger partial charge < -0.3 is 14.8 Å². The van der Waals surface area contributed by atoms with Gasteiger partial charge in [0.2, 0.25) is 0 Å². The Bertz CT molecular complexity index is 547. The Hall–Kier alpha value is -1.83. The van der Waals surface area contributed by atoms with E-state index in [-0.39, 0.29) is 0 Å². The number of aromatic amines is 1. The predicted octanol–water partition coefficient (Wildman–Crippen LogP) is 2.37. The van der Waals surface area contributed by atoms with Crippen molar-refractivity contribution in [3.05, 3.63) is 22.2 Å². The number of H-pyrrole nitrogens is 1. The average molecular weight is 342 g/mol. The Morgan fingerprint density at radius 1 is 1.20 bits per heavy atom. The van der Waals surface area contributed by atoms with Gasteiger partial charge in [-0.3, -0.25) is 0 Å². The lowest BCUT2D eigenvalue weighted by Crippen LogP contribution is -2.04. The fourth-order valence-corrected chi connectivity index (χ4v) is 2.12. The molecule has 20 heavy (non-hydrogen) atoms. The first-order valence-electron chi connectivity index (χ1n) is 6.30. The summed E-state index contributed by atoms with van der Waals surface area (Å²) in [5.74, 6) is 1.90. The zero-order valence-corrected chi connectivity index (χ0v) is 12.9. The monoisotopic (exact) mass is 341 g/mol. The summed E-state index contributed by atoms with van der Waals surface area (Å²) < 4.78 is 12.1. The zero-order chi connectivity index (χ0) is 14.4. The van der Waals surface area contributed by atoms with E-state index in [4.69, 9.17) is 9.47 Å². The van der Waals surface area contributed by atoms with Crippen LogP contribution in [-0.2, 0) is 6.54 Å². The van der Waals surface area contributed by atoms with E-state index in [0.717, 1.165) is 21.5 Å². The average Bonchev–Trinajstić information content (AvgIpc) is 2.94. The van der Waals surface area contributed by atoms with E-state index in [1.54, 1.807) is 0 Å². The molecule has 0 amide bonds. The van der Waals surface area contributed by atoms with Crippen LogP contribution in [0.25, 0.3) is 0 Å². The summed E-state index contributed by atoms with van der Waals surface area (Å²) in [7, 11) is 0. The van der Waals surface area contributed by atoms with Crippen LogP contribution in [0, 0.1) is 0 Å². The van der Waals surface area contributed by atoms with Crippen LogP contribution in [0.15, 0.2) is 16.6 Å². The maximum Gasteiger partial charge on any atom is 0.263 e. The summed E-state index contributed by atoms with van der Waals surface area (Å²) in [5.41, 5.74) is 1.02. The quantitative estimate of drug-likeness (QED) is 0.804. The van der Waals surface area contributed by atoms with Gasteiger partial charge in [-0.05, 0) is 36.8 Å². The number of aromatic nitrogens is 4. The summed E-state index contributed by atoms with van der Waals surface area (Å²) in [4.78, 5) is 0. The first kappa shape index (κ1) is 14.6. The van der Waals surface area contributed by atoms with E-state index in [2.05, 4.69) is 41.9 Å². The molecule has 0 bridgehead atoms. The van der Waals surface area contributed by atoms with Crippen molar-refractivity contribution in [3.8, 4) is 11.5 Å². The van der Waals surface area contributed by atoms with Crippen molar-refractivity contribution in [1.29, 1.82) is 0 Å². The normalized spacial score (nSPS) is 10.3. The Morgan fingerprint density at radius 3 is 2.50 bits per heavy atom. The van der Waals surface area contributed by atoms with Crippen LogP contribution in [0.3, 0.4) is 0 Å². The molecule has 0 saturated heterocycles. The summed E-state index contributed by atoms with van der Waals surface area (Å²) in [6, 6.07) is 3.84. The van der Waals surface area contributed by atoms with Crippen LogP contribution in [0.4, 0.5) is 5.95 Å². The minimum Gasteiger partial charge on any atom is -0.490 e. The minimum atomic E-state index is 0.448. The van der Waals surface area contributed by atoms with Crippen LogP contribution >= 0.6 is 15.9 Å². The van der Waals surface area contributed by atoms with Crippen molar-refractivity contribution in [1.82, 2.24) is 20.6 Å². The number of halogens is 1. The van der Waals surface area contributed by atoms with Crippen molar-refractivity contribution in [2.75, 3.05) is 18.5 Å². The number of ether oxygens (including phenoxy) is 2. The molecule has 0 aliphatic heterocycles. The molecule has 0 saturated carbocycles. The molecular formula is C12H16BrN5O2. The first-order chi connectivity index (χ1) is 9.74. The van der Waals surface area contributed by atoms with Gasteiger partial charge in [0, 0.05) is 11.0 Å². The Labute approximate surface area is 125 Å². The van der Waals surface area contributed by atoms with Gasteiger partial charge in [-0.15, -0.1) is 5.10 Å². The van der Waals surface area contributed by atoms with Gasteiger partial charge >= 0.3 is 0 Å². The van der Waals surface area contributed by atoms with E-state index in [1.807, 2.05) is 26.0 Å². The van der Waals surface area contributed by atoms with Crippen molar-refractivity contribution in [3.63, 3.8) is 0 Å². The fourth-order valence-electron chi connectivity index (χ4n) is 1.66. The van der Waals surface area contributed by atoms with Crippen LogP contribution in [0.2, 0.25) is 0 Å². The Morgan fingerprint density at radius 2 is 1.90 bits per heavy atom. The fraction of sp³-hybridized carbons (Fsp3) is 0.417. The summed E-state index contributed by atoms with van der Waals surface area (Å²) in [6.07, 6.45) is 0. The highest BCUT2D eigenvalue weighted by atomic mass is 79.9. The van der Waals surface area contributed by atoms with E-state index < -0.39 is 0 Å². The van der Waals surface area contributed by atoms with Gasteiger partial charge in [-0.2, -0.15) is 5.21 Å². The molecule has 0 unspecified atom stereocenters. The van der Waals surface area contributed by atoms with Crippen molar-refractivity contribution in [2.24, 2.45) is 0 Å². The Balaban J connectivity index is 2.17. The highest BCUT2D eigenvalue weighted by molar-refractivity contribution is 9.10. The van der Waals surface area contributed by atoms with Crippen molar-refractivity contribution < 1.29 is 9.47 Å². The van der Waals surface area contributed by atoms with Crippen molar-refractivity contribution in [2.45, 2.75) is 20.4 Å². The second-order valence-electron chi connectivity index (χ2n) is 3.85. The number of tetrazole rings is 1. The smallest absolute Gasteiger partial charge is 0.263 e. The molecule has 0 spiro atoms. The number of hydrogen-bond acceptors (Lipinski definition) is 6. The molecule has 0 radical (unpaired) electrons. The molecule has 108 valence electrons. The molecule has 2 rings (SSSR count). The van der Waals surface area contributed by atoms with E-state index >= 15 is 0 Å². The lowest BCUT2D eigenvalue weighted by atomic mass is 10.2. The molecule has 0 atom stereocenters. The number of anilines is 1. The third-order valence-electron chi connectivity index (χ3n) is 2.49. The molecule has 1 heterocycles. The highest BCUT2D eigenvalue weighted by Crippen LogP contribution is 2.34. The van der Waals surface area contributed by atoms with Crippen molar-refractivity contribution >= 4 is 21.9 Å².